The summed E-state index contributed by atoms with van der Waals surface area (Å²) >= 11 is 0. The van der Waals surface area contributed by atoms with Gasteiger partial charge in [0.05, 0.1) is 5.69 Å². The maximum atomic E-state index is 5.58. The smallest absolute Gasteiger partial charge is 0.0923 e. The fraction of sp³-hybridized carbons (Fsp3) is 0.167. The molecule has 0 bridgehead atoms. The zero-order chi connectivity index (χ0) is 14.2. The lowest BCUT2D eigenvalue weighted by Gasteiger charge is -2.03. The molecule has 0 atom stereocenters. The van der Waals surface area contributed by atoms with E-state index in [-0.39, 0.29) is 0 Å². The summed E-state index contributed by atoms with van der Waals surface area (Å²) in [5, 5.41) is 7.46. The van der Waals surface area contributed by atoms with Crippen LogP contribution in [0.15, 0.2) is 48.5 Å². The molecule has 0 spiro atoms. The van der Waals surface area contributed by atoms with Crippen LogP contribution in [0.25, 0.3) is 22.4 Å². The van der Waals surface area contributed by atoms with Gasteiger partial charge in [0.15, 0.2) is 0 Å². The molecule has 0 saturated heterocycles. The lowest BCUT2D eigenvalue weighted by atomic mass is 10.0. The van der Waals surface area contributed by atoms with Crippen molar-refractivity contribution in [1.82, 2.24) is 10.2 Å². The lowest BCUT2D eigenvalue weighted by molar-refractivity contribution is 0.902. The van der Waals surface area contributed by atoms with Crippen LogP contribution in [-0.2, 0) is 12.8 Å². The standard InChI is InChI=1S/C18H17N3/c19-8-7-15-11-18(21-20-15)13-5-6-17-14(10-13)9-12-3-1-2-4-16(12)17/h1-6,10-11H,7-9,19H2,(H,20,21). The second-order valence-corrected chi connectivity index (χ2v) is 5.52. The molecule has 104 valence electrons. The van der Waals surface area contributed by atoms with Crippen molar-refractivity contribution < 1.29 is 0 Å². The molecule has 1 heterocycles. The number of benzene rings is 2. The quantitative estimate of drug-likeness (QED) is 0.603. The molecule has 1 aliphatic carbocycles. The van der Waals surface area contributed by atoms with Crippen molar-refractivity contribution in [1.29, 1.82) is 0 Å². The molecule has 0 radical (unpaired) electrons. The fourth-order valence-corrected chi connectivity index (χ4v) is 3.10. The van der Waals surface area contributed by atoms with Crippen LogP contribution < -0.4 is 5.73 Å². The van der Waals surface area contributed by atoms with E-state index in [1.165, 1.54) is 27.8 Å². The summed E-state index contributed by atoms with van der Waals surface area (Å²) < 4.78 is 0. The highest BCUT2D eigenvalue weighted by atomic mass is 15.1. The predicted octanol–water partition coefficient (Wildman–Crippen LogP) is 3.15. The van der Waals surface area contributed by atoms with Gasteiger partial charge in [0.2, 0.25) is 0 Å². The number of nitrogens with two attached hydrogens (primary N) is 1. The van der Waals surface area contributed by atoms with Crippen LogP contribution in [0.5, 0.6) is 0 Å². The van der Waals surface area contributed by atoms with E-state index in [0.29, 0.717) is 6.54 Å². The number of nitrogens with zero attached hydrogens (tertiary/aromatic N) is 1. The van der Waals surface area contributed by atoms with Crippen molar-refractivity contribution in [3.63, 3.8) is 0 Å². The monoisotopic (exact) mass is 275 g/mol. The van der Waals surface area contributed by atoms with E-state index in [0.717, 1.165) is 24.2 Å². The zero-order valence-corrected chi connectivity index (χ0v) is 11.8. The summed E-state index contributed by atoms with van der Waals surface area (Å²) in [5.74, 6) is 0. The van der Waals surface area contributed by atoms with Crippen molar-refractivity contribution in [2.45, 2.75) is 12.8 Å². The number of nitrogens with one attached hydrogen (secondary N) is 1. The average molecular weight is 275 g/mol. The largest absolute Gasteiger partial charge is 0.330 e. The van der Waals surface area contributed by atoms with E-state index >= 15 is 0 Å². The number of H-pyrrole nitrogens is 1. The highest BCUT2D eigenvalue weighted by molar-refractivity contribution is 5.79. The lowest BCUT2D eigenvalue weighted by Crippen LogP contribution is -2.02. The van der Waals surface area contributed by atoms with E-state index < -0.39 is 0 Å². The Balaban J connectivity index is 1.72. The molecule has 2 aromatic carbocycles. The maximum Gasteiger partial charge on any atom is 0.0923 e. The Hall–Kier alpha value is -2.39. The van der Waals surface area contributed by atoms with Crippen molar-refractivity contribution >= 4 is 0 Å². The number of fused-ring (bicyclic) bond motifs is 3. The minimum atomic E-state index is 0.640. The molecule has 0 saturated carbocycles. The normalized spacial score (nSPS) is 12.2. The molecule has 3 aromatic rings. The summed E-state index contributed by atoms with van der Waals surface area (Å²) in [6.45, 7) is 0.640. The Kier molecular flexibility index (Phi) is 2.86. The molecule has 3 nitrogen and oxygen atoms in total. The fourth-order valence-electron chi connectivity index (χ4n) is 3.10. The van der Waals surface area contributed by atoms with Crippen LogP contribution in [-0.4, -0.2) is 16.7 Å². The van der Waals surface area contributed by atoms with Gasteiger partial charge in [-0.1, -0.05) is 36.4 Å². The average Bonchev–Trinajstić information content (AvgIpc) is 3.11. The van der Waals surface area contributed by atoms with Crippen LogP contribution in [0.1, 0.15) is 16.8 Å². The second kappa shape index (κ2) is 4.86. The van der Waals surface area contributed by atoms with Gasteiger partial charge >= 0.3 is 0 Å². The van der Waals surface area contributed by atoms with Gasteiger partial charge in [-0.15, -0.1) is 0 Å². The molecule has 0 fully saturated rings. The third-order valence-corrected chi connectivity index (χ3v) is 4.13. The van der Waals surface area contributed by atoms with Crippen LogP contribution in [0.3, 0.4) is 0 Å². The van der Waals surface area contributed by atoms with E-state index in [1.54, 1.807) is 0 Å². The molecular formula is C18H17N3. The minimum absolute atomic E-state index is 0.640. The molecule has 1 aromatic heterocycles. The highest BCUT2D eigenvalue weighted by Gasteiger charge is 2.18. The first-order valence-corrected chi connectivity index (χ1v) is 7.31. The third-order valence-electron chi connectivity index (χ3n) is 4.13. The van der Waals surface area contributed by atoms with Gasteiger partial charge in [-0.2, -0.15) is 5.10 Å². The topological polar surface area (TPSA) is 54.7 Å². The van der Waals surface area contributed by atoms with Gasteiger partial charge in [-0.25, -0.2) is 0 Å². The number of hydrogen-bond donors (Lipinski definition) is 2. The third kappa shape index (κ3) is 2.06. The van der Waals surface area contributed by atoms with E-state index in [1.807, 2.05) is 0 Å². The SMILES string of the molecule is NCCc1cc(-c2ccc3c(c2)Cc2ccccc2-3)n[nH]1. The van der Waals surface area contributed by atoms with E-state index in [4.69, 9.17) is 5.73 Å². The first kappa shape index (κ1) is 12.4. The van der Waals surface area contributed by atoms with Crippen molar-refractivity contribution in [2.75, 3.05) is 6.54 Å². The van der Waals surface area contributed by atoms with Gasteiger partial charge in [0.25, 0.3) is 0 Å². The number of hydrogen-bond acceptors (Lipinski definition) is 2. The van der Waals surface area contributed by atoms with Crippen LogP contribution in [0.2, 0.25) is 0 Å². The molecule has 3 N–H and O–H groups in total. The van der Waals surface area contributed by atoms with E-state index in [9.17, 15) is 0 Å². The molecule has 1 aliphatic rings. The first-order valence-electron chi connectivity index (χ1n) is 7.31. The molecule has 0 aliphatic heterocycles. The van der Waals surface area contributed by atoms with Crippen LogP contribution >= 0.6 is 0 Å². The Labute approximate surface area is 123 Å². The minimum Gasteiger partial charge on any atom is -0.330 e. The predicted molar refractivity (Wildman–Crippen MR) is 85.0 cm³/mol. The first-order chi connectivity index (χ1) is 10.3. The summed E-state index contributed by atoms with van der Waals surface area (Å²) in [4.78, 5) is 0. The molecule has 3 heteroatoms. The zero-order valence-electron chi connectivity index (χ0n) is 11.8. The molecule has 0 amide bonds. The van der Waals surface area contributed by atoms with Crippen molar-refractivity contribution in [2.24, 2.45) is 5.73 Å². The molecule has 21 heavy (non-hydrogen) atoms. The molecular weight excluding hydrogens is 258 g/mol. The Bertz CT molecular complexity index is 802. The Morgan fingerprint density at radius 1 is 1.00 bits per heavy atom. The van der Waals surface area contributed by atoms with Crippen molar-refractivity contribution in [3.8, 4) is 22.4 Å². The highest BCUT2D eigenvalue weighted by Crippen LogP contribution is 2.38. The van der Waals surface area contributed by atoms with Gasteiger partial charge in [-0.3, -0.25) is 5.10 Å². The summed E-state index contributed by atoms with van der Waals surface area (Å²) in [6.07, 6.45) is 1.85. The number of aromatic nitrogens is 2. The van der Waals surface area contributed by atoms with Crippen LogP contribution in [0.4, 0.5) is 0 Å². The van der Waals surface area contributed by atoms with Crippen LogP contribution in [0, 0.1) is 0 Å². The van der Waals surface area contributed by atoms with E-state index in [2.05, 4.69) is 58.7 Å². The second-order valence-electron chi connectivity index (χ2n) is 5.52. The number of rotatable bonds is 3. The summed E-state index contributed by atoms with van der Waals surface area (Å²) in [5.41, 5.74) is 14.4. The van der Waals surface area contributed by atoms with Gasteiger partial charge in [0.1, 0.15) is 0 Å². The Morgan fingerprint density at radius 3 is 2.76 bits per heavy atom. The van der Waals surface area contributed by atoms with Gasteiger partial charge < -0.3 is 5.73 Å². The van der Waals surface area contributed by atoms with Gasteiger partial charge in [-0.05, 0) is 47.4 Å². The summed E-state index contributed by atoms with van der Waals surface area (Å²) in [6, 6.07) is 17.4. The van der Waals surface area contributed by atoms with Gasteiger partial charge in [0, 0.05) is 17.7 Å². The maximum absolute atomic E-state index is 5.58. The molecule has 4 rings (SSSR count). The van der Waals surface area contributed by atoms with Crippen molar-refractivity contribution in [3.05, 3.63) is 65.4 Å². The summed E-state index contributed by atoms with van der Waals surface area (Å²) in [7, 11) is 0. The molecule has 0 unspecified atom stereocenters. The Morgan fingerprint density at radius 2 is 1.86 bits per heavy atom. The number of aromatic amines is 1.